The SMILES string of the molecule is CCC(=O)N(c1ccccc1)C1CC(C)N(C(=O)c2ccc(N(C)C)cc2)c2ccccc21. The molecule has 3 aromatic rings. The predicted octanol–water partition coefficient (Wildman–Crippen LogP) is 5.68. The van der Waals surface area contributed by atoms with E-state index in [2.05, 4.69) is 6.92 Å². The molecule has 5 nitrogen and oxygen atoms in total. The minimum Gasteiger partial charge on any atom is -0.378 e. The molecule has 0 aliphatic carbocycles. The van der Waals surface area contributed by atoms with Gasteiger partial charge in [0.1, 0.15) is 0 Å². The Balaban J connectivity index is 1.75. The summed E-state index contributed by atoms with van der Waals surface area (Å²) in [6, 6.07) is 25.3. The quantitative estimate of drug-likeness (QED) is 0.512. The molecule has 2 amide bonds. The van der Waals surface area contributed by atoms with Crippen LogP contribution in [0.4, 0.5) is 17.1 Å². The first-order valence-electron chi connectivity index (χ1n) is 11.5. The summed E-state index contributed by atoms with van der Waals surface area (Å²) in [7, 11) is 3.96. The van der Waals surface area contributed by atoms with E-state index >= 15 is 0 Å². The Morgan fingerprint density at radius 3 is 2.15 bits per heavy atom. The first-order valence-corrected chi connectivity index (χ1v) is 11.5. The van der Waals surface area contributed by atoms with Gasteiger partial charge in [0, 0.05) is 49.2 Å². The summed E-state index contributed by atoms with van der Waals surface area (Å²) in [6.07, 6.45) is 1.09. The second kappa shape index (κ2) is 9.49. The Morgan fingerprint density at radius 2 is 1.52 bits per heavy atom. The molecule has 2 unspecified atom stereocenters. The zero-order valence-corrected chi connectivity index (χ0v) is 19.7. The molecule has 1 aliphatic rings. The van der Waals surface area contributed by atoms with Gasteiger partial charge in [-0.15, -0.1) is 0 Å². The minimum atomic E-state index is -0.133. The number of hydrogen-bond acceptors (Lipinski definition) is 3. The lowest BCUT2D eigenvalue weighted by Crippen LogP contribution is -2.47. The van der Waals surface area contributed by atoms with E-state index in [1.807, 2.05) is 115 Å². The van der Waals surface area contributed by atoms with E-state index in [9.17, 15) is 9.59 Å². The van der Waals surface area contributed by atoms with Crippen molar-refractivity contribution in [3.63, 3.8) is 0 Å². The Hall–Kier alpha value is -3.60. The Bertz CT molecular complexity index is 1130. The van der Waals surface area contributed by atoms with Crippen molar-refractivity contribution in [1.82, 2.24) is 0 Å². The van der Waals surface area contributed by atoms with Crippen molar-refractivity contribution in [2.45, 2.75) is 38.8 Å². The average molecular weight is 442 g/mol. The van der Waals surface area contributed by atoms with Gasteiger partial charge in [-0.1, -0.05) is 43.3 Å². The van der Waals surface area contributed by atoms with E-state index in [1.54, 1.807) is 0 Å². The number of benzene rings is 3. The van der Waals surface area contributed by atoms with Crippen LogP contribution in [0, 0.1) is 0 Å². The van der Waals surface area contributed by atoms with Gasteiger partial charge >= 0.3 is 0 Å². The van der Waals surface area contributed by atoms with Crippen molar-refractivity contribution < 1.29 is 9.59 Å². The molecule has 1 heterocycles. The number of fused-ring (bicyclic) bond motifs is 1. The smallest absolute Gasteiger partial charge is 0.258 e. The standard InChI is InChI=1S/C28H31N3O2/c1-5-27(32)31(23-11-7-6-8-12-23)26-19-20(2)30(25-14-10-9-13-24(25)26)28(33)21-15-17-22(18-16-21)29(3)4/h6-18,20,26H,5,19H2,1-4H3. The van der Waals surface area contributed by atoms with E-state index in [1.165, 1.54) is 0 Å². The van der Waals surface area contributed by atoms with Gasteiger partial charge in [0.05, 0.1) is 6.04 Å². The van der Waals surface area contributed by atoms with Crippen molar-refractivity contribution in [2.75, 3.05) is 28.8 Å². The molecule has 0 bridgehead atoms. The van der Waals surface area contributed by atoms with Crippen molar-refractivity contribution in [2.24, 2.45) is 0 Å². The van der Waals surface area contributed by atoms with Crippen molar-refractivity contribution in [1.29, 1.82) is 0 Å². The minimum absolute atomic E-state index is 0.0215. The monoisotopic (exact) mass is 441 g/mol. The van der Waals surface area contributed by atoms with Crippen LogP contribution in [0.3, 0.4) is 0 Å². The normalized spacial score (nSPS) is 17.3. The highest BCUT2D eigenvalue weighted by molar-refractivity contribution is 6.07. The molecule has 0 fully saturated rings. The lowest BCUT2D eigenvalue weighted by Gasteiger charge is -2.43. The molecule has 170 valence electrons. The Labute approximate surface area is 196 Å². The van der Waals surface area contributed by atoms with Gasteiger partial charge in [-0.05, 0) is 61.4 Å². The first-order chi connectivity index (χ1) is 15.9. The van der Waals surface area contributed by atoms with Crippen LogP contribution in [0.1, 0.15) is 48.7 Å². The molecule has 33 heavy (non-hydrogen) atoms. The van der Waals surface area contributed by atoms with Crippen LogP contribution in [0.25, 0.3) is 0 Å². The third-order valence-corrected chi connectivity index (χ3v) is 6.33. The third kappa shape index (κ3) is 4.36. The molecular weight excluding hydrogens is 410 g/mol. The summed E-state index contributed by atoms with van der Waals surface area (Å²) < 4.78 is 0. The summed E-state index contributed by atoms with van der Waals surface area (Å²) in [6.45, 7) is 3.96. The highest BCUT2D eigenvalue weighted by Gasteiger charge is 2.38. The number of nitrogens with zero attached hydrogens (tertiary/aromatic N) is 3. The molecule has 4 rings (SSSR count). The van der Waals surface area contributed by atoms with Crippen LogP contribution in [0.5, 0.6) is 0 Å². The Morgan fingerprint density at radius 1 is 0.879 bits per heavy atom. The molecule has 0 spiro atoms. The van der Waals surface area contributed by atoms with E-state index in [0.717, 1.165) is 22.6 Å². The highest BCUT2D eigenvalue weighted by Crippen LogP contribution is 2.42. The summed E-state index contributed by atoms with van der Waals surface area (Å²) >= 11 is 0. The molecule has 0 radical (unpaired) electrons. The fraction of sp³-hybridized carbons (Fsp3) is 0.286. The predicted molar refractivity (Wildman–Crippen MR) is 135 cm³/mol. The Kier molecular flexibility index (Phi) is 6.50. The van der Waals surface area contributed by atoms with Crippen LogP contribution >= 0.6 is 0 Å². The lowest BCUT2D eigenvalue weighted by atomic mass is 9.89. The van der Waals surface area contributed by atoms with Crippen molar-refractivity contribution >= 4 is 28.9 Å². The van der Waals surface area contributed by atoms with E-state index in [0.29, 0.717) is 18.4 Å². The second-order valence-corrected chi connectivity index (χ2v) is 8.73. The fourth-order valence-corrected chi connectivity index (χ4v) is 4.63. The van der Waals surface area contributed by atoms with E-state index in [4.69, 9.17) is 0 Å². The van der Waals surface area contributed by atoms with E-state index < -0.39 is 0 Å². The zero-order chi connectivity index (χ0) is 23.5. The van der Waals surface area contributed by atoms with Gasteiger partial charge in [0.25, 0.3) is 5.91 Å². The summed E-state index contributed by atoms with van der Waals surface area (Å²) in [4.78, 5) is 32.5. The van der Waals surface area contributed by atoms with Crippen LogP contribution in [-0.2, 0) is 4.79 Å². The topological polar surface area (TPSA) is 43.9 Å². The van der Waals surface area contributed by atoms with Crippen LogP contribution in [0.2, 0.25) is 0 Å². The maximum atomic E-state index is 13.6. The molecule has 0 saturated heterocycles. The molecule has 0 saturated carbocycles. The van der Waals surface area contributed by atoms with Gasteiger partial charge in [-0.3, -0.25) is 9.59 Å². The molecule has 0 N–H and O–H groups in total. The van der Waals surface area contributed by atoms with Crippen LogP contribution in [-0.4, -0.2) is 32.0 Å². The molecule has 5 heteroatoms. The summed E-state index contributed by atoms with van der Waals surface area (Å²) in [5, 5.41) is 0. The molecule has 0 aromatic heterocycles. The number of anilines is 3. The summed E-state index contributed by atoms with van der Waals surface area (Å²) in [5.74, 6) is 0.0547. The summed E-state index contributed by atoms with van der Waals surface area (Å²) in [5.41, 5.74) is 4.46. The van der Waals surface area contributed by atoms with Gasteiger partial charge < -0.3 is 14.7 Å². The largest absolute Gasteiger partial charge is 0.378 e. The number of rotatable bonds is 5. The first kappa shape index (κ1) is 22.6. The second-order valence-electron chi connectivity index (χ2n) is 8.73. The number of carbonyl (C=O) groups excluding carboxylic acids is 2. The molecule has 1 aliphatic heterocycles. The van der Waals surface area contributed by atoms with Crippen LogP contribution in [0.15, 0.2) is 78.9 Å². The number of hydrogen-bond donors (Lipinski definition) is 0. The van der Waals surface area contributed by atoms with Crippen molar-refractivity contribution in [3.05, 3.63) is 90.0 Å². The molecule has 3 aromatic carbocycles. The molecule has 2 atom stereocenters. The lowest BCUT2D eigenvalue weighted by molar-refractivity contribution is -0.118. The maximum absolute atomic E-state index is 13.6. The van der Waals surface area contributed by atoms with Gasteiger partial charge in [-0.2, -0.15) is 0 Å². The number of para-hydroxylation sites is 2. The van der Waals surface area contributed by atoms with Crippen LogP contribution < -0.4 is 14.7 Å². The third-order valence-electron chi connectivity index (χ3n) is 6.33. The fourth-order valence-electron chi connectivity index (χ4n) is 4.63. The van der Waals surface area contributed by atoms with Gasteiger partial charge in [0.15, 0.2) is 0 Å². The zero-order valence-electron chi connectivity index (χ0n) is 19.7. The van der Waals surface area contributed by atoms with Crippen molar-refractivity contribution in [3.8, 4) is 0 Å². The number of carbonyl (C=O) groups is 2. The average Bonchev–Trinajstić information content (AvgIpc) is 2.84. The highest BCUT2D eigenvalue weighted by atomic mass is 16.2. The number of amides is 2. The van der Waals surface area contributed by atoms with E-state index in [-0.39, 0.29) is 23.9 Å². The maximum Gasteiger partial charge on any atom is 0.258 e. The molecular formula is C28H31N3O2. The van der Waals surface area contributed by atoms with Gasteiger partial charge in [0.2, 0.25) is 5.91 Å². The van der Waals surface area contributed by atoms with Gasteiger partial charge in [-0.25, -0.2) is 0 Å².